The van der Waals surface area contributed by atoms with E-state index in [2.05, 4.69) is 33.3 Å². The Labute approximate surface area is 127 Å². The van der Waals surface area contributed by atoms with Gasteiger partial charge in [-0.1, -0.05) is 19.1 Å². The zero-order chi connectivity index (χ0) is 14.7. The molecule has 2 aromatic rings. The highest BCUT2D eigenvalue weighted by Gasteiger charge is 2.21. The molecule has 1 N–H and O–H groups in total. The van der Waals surface area contributed by atoms with Gasteiger partial charge in [0.25, 0.3) is 0 Å². The highest BCUT2D eigenvalue weighted by atomic mass is 79.9. The topological polar surface area (TPSA) is 29.9 Å². The third-order valence-electron chi connectivity index (χ3n) is 3.36. The SMILES string of the molecule is CCCn1ncc(Br)c1C(NC)c1ccc(C)c(F)c1. The molecule has 1 aromatic heterocycles. The Morgan fingerprint density at radius 1 is 1.45 bits per heavy atom. The molecule has 1 unspecified atom stereocenters. The highest BCUT2D eigenvalue weighted by molar-refractivity contribution is 9.10. The van der Waals surface area contributed by atoms with Gasteiger partial charge in [-0.15, -0.1) is 0 Å². The number of benzene rings is 1. The highest BCUT2D eigenvalue weighted by Crippen LogP contribution is 2.29. The first-order chi connectivity index (χ1) is 9.58. The lowest BCUT2D eigenvalue weighted by molar-refractivity contribution is 0.530. The number of aromatic nitrogens is 2. The van der Waals surface area contributed by atoms with Gasteiger partial charge >= 0.3 is 0 Å². The fourth-order valence-electron chi connectivity index (χ4n) is 2.30. The van der Waals surface area contributed by atoms with Gasteiger partial charge in [-0.05, 0) is 53.5 Å². The molecule has 3 nitrogen and oxygen atoms in total. The van der Waals surface area contributed by atoms with Gasteiger partial charge in [0, 0.05) is 6.54 Å². The molecule has 1 heterocycles. The Morgan fingerprint density at radius 3 is 2.80 bits per heavy atom. The Hall–Kier alpha value is -1.20. The first kappa shape index (κ1) is 15.2. The minimum atomic E-state index is -0.180. The first-order valence-electron chi connectivity index (χ1n) is 6.73. The van der Waals surface area contributed by atoms with Gasteiger partial charge in [0.2, 0.25) is 0 Å². The summed E-state index contributed by atoms with van der Waals surface area (Å²) in [5.41, 5.74) is 2.58. The molecule has 0 aliphatic carbocycles. The van der Waals surface area contributed by atoms with E-state index >= 15 is 0 Å². The van der Waals surface area contributed by atoms with Gasteiger partial charge in [-0.3, -0.25) is 4.68 Å². The quantitative estimate of drug-likeness (QED) is 0.897. The van der Waals surface area contributed by atoms with Crippen LogP contribution in [0.4, 0.5) is 4.39 Å². The lowest BCUT2D eigenvalue weighted by atomic mass is 10.0. The minimum Gasteiger partial charge on any atom is -0.308 e. The molecule has 0 saturated heterocycles. The third-order valence-corrected chi connectivity index (χ3v) is 3.97. The number of hydrogen-bond donors (Lipinski definition) is 1. The van der Waals surface area contributed by atoms with Crippen LogP contribution < -0.4 is 5.32 Å². The number of nitrogens with one attached hydrogen (secondary N) is 1. The Balaban J connectivity index is 2.46. The fraction of sp³-hybridized carbons (Fsp3) is 0.400. The number of rotatable bonds is 5. The largest absolute Gasteiger partial charge is 0.308 e. The number of hydrogen-bond acceptors (Lipinski definition) is 2. The number of halogens is 2. The van der Waals surface area contributed by atoms with E-state index in [9.17, 15) is 4.39 Å². The van der Waals surface area contributed by atoms with Crippen molar-refractivity contribution in [3.8, 4) is 0 Å². The first-order valence-corrected chi connectivity index (χ1v) is 7.52. The van der Waals surface area contributed by atoms with Crippen molar-refractivity contribution in [3.05, 3.63) is 51.5 Å². The zero-order valence-electron chi connectivity index (χ0n) is 12.0. The van der Waals surface area contributed by atoms with E-state index in [1.807, 2.05) is 23.9 Å². The van der Waals surface area contributed by atoms with Gasteiger partial charge in [0.15, 0.2) is 0 Å². The van der Waals surface area contributed by atoms with Crippen LogP contribution in [0.5, 0.6) is 0 Å². The third kappa shape index (κ3) is 2.94. The summed E-state index contributed by atoms with van der Waals surface area (Å²) in [6, 6.07) is 5.26. The van der Waals surface area contributed by atoms with Crippen molar-refractivity contribution in [3.63, 3.8) is 0 Å². The van der Waals surface area contributed by atoms with E-state index in [4.69, 9.17) is 0 Å². The second-order valence-corrected chi connectivity index (χ2v) is 5.69. The molecule has 0 amide bonds. The summed E-state index contributed by atoms with van der Waals surface area (Å²) in [4.78, 5) is 0. The van der Waals surface area contributed by atoms with Crippen LogP contribution in [-0.2, 0) is 6.54 Å². The van der Waals surface area contributed by atoms with Crippen LogP contribution in [-0.4, -0.2) is 16.8 Å². The van der Waals surface area contributed by atoms with Crippen LogP contribution in [0.3, 0.4) is 0 Å². The lowest BCUT2D eigenvalue weighted by Crippen LogP contribution is -2.22. The molecule has 0 radical (unpaired) electrons. The van der Waals surface area contributed by atoms with Crippen molar-refractivity contribution in [2.45, 2.75) is 32.9 Å². The Kier molecular flexibility index (Phi) is 4.94. The lowest BCUT2D eigenvalue weighted by Gasteiger charge is -2.19. The van der Waals surface area contributed by atoms with E-state index in [1.165, 1.54) is 0 Å². The molecule has 1 aromatic carbocycles. The summed E-state index contributed by atoms with van der Waals surface area (Å²) < 4.78 is 16.7. The van der Waals surface area contributed by atoms with Crippen LogP contribution >= 0.6 is 15.9 Å². The average Bonchev–Trinajstić information content (AvgIpc) is 2.77. The standard InChI is InChI=1S/C15H19BrFN3/c1-4-7-20-15(12(16)9-19-20)14(18-3)11-6-5-10(2)13(17)8-11/h5-6,8-9,14,18H,4,7H2,1-3H3. The van der Waals surface area contributed by atoms with Crippen molar-refractivity contribution in [1.29, 1.82) is 0 Å². The summed E-state index contributed by atoms with van der Waals surface area (Å²) in [6.45, 7) is 4.72. The smallest absolute Gasteiger partial charge is 0.126 e. The Bertz CT molecular complexity index is 595. The summed E-state index contributed by atoms with van der Waals surface area (Å²) in [5.74, 6) is -0.180. The molecule has 0 fully saturated rings. The minimum absolute atomic E-state index is 0.0893. The maximum absolute atomic E-state index is 13.8. The van der Waals surface area contributed by atoms with Crippen molar-refractivity contribution in [1.82, 2.24) is 15.1 Å². The molecular formula is C15H19BrFN3. The maximum atomic E-state index is 13.8. The predicted octanol–water partition coefficient (Wildman–Crippen LogP) is 3.81. The molecule has 2 rings (SSSR count). The van der Waals surface area contributed by atoms with Crippen LogP contribution in [0.1, 0.15) is 36.2 Å². The fourth-order valence-corrected chi connectivity index (χ4v) is 2.82. The number of nitrogens with zero attached hydrogens (tertiary/aromatic N) is 2. The van der Waals surface area contributed by atoms with E-state index < -0.39 is 0 Å². The van der Waals surface area contributed by atoms with Crippen molar-refractivity contribution in [2.24, 2.45) is 0 Å². The van der Waals surface area contributed by atoms with Gasteiger partial charge in [0.1, 0.15) is 5.82 Å². The molecule has 20 heavy (non-hydrogen) atoms. The second kappa shape index (κ2) is 6.50. The van der Waals surface area contributed by atoms with E-state index in [0.717, 1.165) is 28.7 Å². The Morgan fingerprint density at radius 2 is 2.20 bits per heavy atom. The number of aryl methyl sites for hydroxylation is 2. The monoisotopic (exact) mass is 339 g/mol. The van der Waals surface area contributed by atoms with Crippen LogP contribution in [0.15, 0.2) is 28.9 Å². The maximum Gasteiger partial charge on any atom is 0.126 e. The molecule has 5 heteroatoms. The van der Waals surface area contributed by atoms with Crippen molar-refractivity contribution >= 4 is 15.9 Å². The average molecular weight is 340 g/mol. The molecule has 0 aliphatic rings. The van der Waals surface area contributed by atoms with Gasteiger partial charge in [-0.25, -0.2) is 4.39 Å². The molecule has 0 bridgehead atoms. The van der Waals surface area contributed by atoms with Gasteiger partial charge < -0.3 is 5.32 Å². The molecule has 1 atom stereocenters. The molecule has 0 spiro atoms. The van der Waals surface area contributed by atoms with E-state index in [0.29, 0.717) is 5.56 Å². The predicted molar refractivity (Wildman–Crippen MR) is 82.3 cm³/mol. The van der Waals surface area contributed by atoms with Gasteiger partial charge in [-0.2, -0.15) is 5.10 Å². The molecule has 108 valence electrons. The zero-order valence-corrected chi connectivity index (χ0v) is 13.5. The summed E-state index contributed by atoms with van der Waals surface area (Å²) in [5, 5.41) is 7.63. The summed E-state index contributed by atoms with van der Waals surface area (Å²) in [7, 11) is 1.87. The van der Waals surface area contributed by atoms with E-state index in [-0.39, 0.29) is 11.9 Å². The van der Waals surface area contributed by atoms with E-state index in [1.54, 1.807) is 19.2 Å². The van der Waals surface area contributed by atoms with Crippen LogP contribution in [0.2, 0.25) is 0 Å². The van der Waals surface area contributed by atoms with Crippen LogP contribution in [0.25, 0.3) is 0 Å². The molecule has 0 aliphatic heterocycles. The summed E-state index contributed by atoms with van der Waals surface area (Å²) >= 11 is 3.54. The second-order valence-electron chi connectivity index (χ2n) is 4.83. The van der Waals surface area contributed by atoms with Crippen molar-refractivity contribution < 1.29 is 4.39 Å². The van der Waals surface area contributed by atoms with Gasteiger partial charge in [0.05, 0.1) is 22.4 Å². The molecular weight excluding hydrogens is 321 g/mol. The molecule has 0 saturated carbocycles. The summed E-state index contributed by atoms with van der Waals surface area (Å²) in [6.07, 6.45) is 2.79. The van der Waals surface area contributed by atoms with Crippen LogP contribution in [0, 0.1) is 12.7 Å². The van der Waals surface area contributed by atoms with Crippen molar-refractivity contribution in [2.75, 3.05) is 7.05 Å². The normalized spacial score (nSPS) is 12.7.